The summed E-state index contributed by atoms with van der Waals surface area (Å²) in [5.41, 5.74) is 4.20. The first-order chi connectivity index (χ1) is 19.2. The van der Waals surface area contributed by atoms with E-state index in [1.54, 1.807) is 13.3 Å². The van der Waals surface area contributed by atoms with Crippen LogP contribution in [-0.4, -0.2) is 77.1 Å². The molecule has 2 saturated heterocycles. The highest BCUT2D eigenvalue weighted by atomic mass is 16.5. The van der Waals surface area contributed by atoms with Gasteiger partial charge in [0.1, 0.15) is 5.75 Å². The molecule has 2 N–H and O–H groups in total. The Morgan fingerprint density at radius 1 is 1.27 bits per heavy atom. The fourth-order valence-corrected chi connectivity index (χ4v) is 4.77. The molecule has 212 valence electrons. The lowest BCUT2D eigenvalue weighted by Crippen LogP contribution is -2.47. The average molecular weight is 547 g/mol. The number of likely N-dealkylation sites (N-methyl/N-ethyl adjacent to an activating group) is 1. The Morgan fingerprint density at radius 3 is 2.65 bits per heavy atom. The van der Waals surface area contributed by atoms with Crippen molar-refractivity contribution in [3.63, 3.8) is 0 Å². The van der Waals surface area contributed by atoms with E-state index >= 15 is 0 Å². The van der Waals surface area contributed by atoms with E-state index in [2.05, 4.69) is 59.0 Å². The molecule has 0 saturated carbocycles. The first kappa shape index (κ1) is 27.6. The van der Waals surface area contributed by atoms with Gasteiger partial charge in [-0.3, -0.25) is 9.69 Å². The number of hydrogen-bond donors (Lipinski definition) is 2. The van der Waals surface area contributed by atoms with E-state index in [1.165, 1.54) is 18.1 Å². The zero-order valence-corrected chi connectivity index (χ0v) is 23.9. The van der Waals surface area contributed by atoms with Crippen molar-refractivity contribution in [3.05, 3.63) is 54.5 Å². The van der Waals surface area contributed by atoms with E-state index in [-0.39, 0.29) is 17.4 Å². The van der Waals surface area contributed by atoms with Crippen LogP contribution in [0.15, 0.2) is 43.2 Å². The van der Waals surface area contributed by atoms with E-state index in [0.717, 1.165) is 31.0 Å². The summed E-state index contributed by atoms with van der Waals surface area (Å²) in [5, 5.41) is 11.1. The minimum absolute atomic E-state index is 0.0975. The molecular formula is C29H38N8O3. The van der Waals surface area contributed by atoms with Crippen LogP contribution in [-0.2, 0) is 21.5 Å². The topological polar surface area (TPSA) is 110 Å². The molecule has 0 radical (unpaired) electrons. The van der Waals surface area contributed by atoms with Crippen LogP contribution >= 0.6 is 0 Å². The molecule has 2 fully saturated rings. The molecule has 0 unspecified atom stereocenters. The molecule has 2 aliphatic heterocycles. The number of rotatable bonds is 10. The van der Waals surface area contributed by atoms with Crippen molar-refractivity contribution < 1.29 is 14.3 Å². The molecule has 0 aliphatic carbocycles. The lowest BCUT2D eigenvalue weighted by atomic mass is 9.89. The summed E-state index contributed by atoms with van der Waals surface area (Å²) >= 11 is 0. The minimum Gasteiger partial charge on any atom is -0.494 e. The standard InChI is InChI=1S/C29H38N8O3/c1-7-26(38)31-21-13-22(24(39-6)14-23(21)35(5)20-17-40-18-20)32-28-30-10-9-25(33-28)37-16-19(15-36-11-8-12-36)27(34-37)29(2,3)4/h7,9-10,13-14,16,20H,1,8,11-12,15,17-18H2,2-6H3,(H,31,38)(H,30,32,33). The Kier molecular flexibility index (Phi) is 7.77. The van der Waals surface area contributed by atoms with Crippen molar-refractivity contribution in [2.75, 3.05) is 56.0 Å². The van der Waals surface area contributed by atoms with Gasteiger partial charge in [0.2, 0.25) is 11.9 Å². The lowest BCUT2D eigenvalue weighted by Gasteiger charge is -2.37. The number of likely N-dealkylation sites (tertiary alicyclic amines) is 1. The molecule has 1 amide bonds. The van der Waals surface area contributed by atoms with Crippen molar-refractivity contribution >= 4 is 28.9 Å². The molecule has 40 heavy (non-hydrogen) atoms. The monoisotopic (exact) mass is 546 g/mol. The second-order valence-corrected chi connectivity index (χ2v) is 11.3. The third kappa shape index (κ3) is 5.80. The van der Waals surface area contributed by atoms with E-state index in [9.17, 15) is 4.79 Å². The summed E-state index contributed by atoms with van der Waals surface area (Å²) in [4.78, 5) is 26.0. The summed E-state index contributed by atoms with van der Waals surface area (Å²) in [7, 11) is 3.57. The predicted molar refractivity (Wildman–Crippen MR) is 156 cm³/mol. The summed E-state index contributed by atoms with van der Waals surface area (Å²) in [5.74, 6) is 1.30. The van der Waals surface area contributed by atoms with Crippen LogP contribution in [0.1, 0.15) is 38.4 Å². The third-order valence-electron chi connectivity index (χ3n) is 7.27. The number of ether oxygens (including phenoxy) is 2. The molecule has 0 atom stereocenters. The van der Waals surface area contributed by atoms with Gasteiger partial charge in [-0.1, -0.05) is 27.4 Å². The van der Waals surface area contributed by atoms with Crippen LogP contribution in [0.25, 0.3) is 5.82 Å². The van der Waals surface area contributed by atoms with E-state index in [0.29, 0.717) is 42.1 Å². The number of nitrogens with zero attached hydrogens (tertiary/aromatic N) is 6. The van der Waals surface area contributed by atoms with E-state index < -0.39 is 0 Å². The Morgan fingerprint density at radius 2 is 2.05 bits per heavy atom. The Hall–Kier alpha value is -3.96. The number of amides is 1. The molecular weight excluding hydrogens is 508 g/mol. The van der Waals surface area contributed by atoms with Gasteiger partial charge in [-0.05, 0) is 31.7 Å². The molecule has 4 heterocycles. The van der Waals surface area contributed by atoms with Crippen LogP contribution in [0.4, 0.5) is 23.0 Å². The maximum Gasteiger partial charge on any atom is 0.247 e. The molecule has 5 rings (SSSR count). The first-order valence-corrected chi connectivity index (χ1v) is 13.5. The second kappa shape index (κ2) is 11.3. The average Bonchev–Trinajstić information content (AvgIpc) is 3.30. The van der Waals surface area contributed by atoms with Crippen LogP contribution in [0.2, 0.25) is 0 Å². The van der Waals surface area contributed by atoms with Gasteiger partial charge in [-0.25, -0.2) is 9.67 Å². The summed E-state index contributed by atoms with van der Waals surface area (Å²) in [6.07, 6.45) is 6.26. The van der Waals surface area contributed by atoms with Gasteiger partial charge in [-0.2, -0.15) is 10.1 Å². The molecule has 0 bridgehead atoms. The number of nitrogens with one attached hydrogen (secondary N) is 2. The molecule has 2 aromatic heterocycles. The smallest absolute Gasteiger partial charge is 0.247 e. The molecule has 11 nitrogen and oxygen atoms in total. The quantitative estimate of drug-likeness (QED) is 0.366. The van der Waals surface area contributed by atoms with Gasteiger partial charge in [0.15, 0.2) is 5.82 Å². The summed E-state index contributed by atoms with van der Waals surface area (Å²) in [6.45, 7) is 14.5. The van der Waals surface area contributed by atoms with Gasteiger partial charge in [0.05, 0.1) is 49.1 Å². The lowest BCUT2D eigenvalue weighted by molar-refractivity contribution is -0.111. The van der Waals surface area contributed by atoms with E-state index in [4.69, 9.17) is 19.6 Å². The molecule has 0 spiro atoms. The van der Waals surface area contributed by atoms with Crippen molar-refractivity contribution in [2.45, 2.75) is 45.2 Å². The normalized spacial score (nSPS) is 15.6. The Balaban J connectivity index is 1.46. The van der Waals surface area contributed by atoms with Crippen molar-refractivity contribution in [1.82, 2.24) is 24.6 Å². The number of benzene rings is 1. The third-order valence-corrected chi connectivity index (χ3v) is 7.27. The number of methoxy groups -OCH3 is 1. The van der Waals surface area contributed by atoms with Gasteiger partial charge < -0.3 is 25.0 Å². The highest BCUT2D eigenvalue weighted by Gasteiger charge is 2.28. The molecule has 2 aliphatic rings. The Labute approximate surface area is 235 Å². The van der Waals surface area contributed by atoms with Gasteiger partial charge in [0.25, 0.3) is 0 Å². The number of carbonyl (C=O) groups excluding carboxylic acids is 1. The van der Waals surface area contributed by atoms with Crippen LogP contribution in [0.5, 0.6) is 5.75 Å². The van der Waals surface area contributed by atoms with Gasteiger partial charge in [-0.15, -0.1) is 0 Å². The number of aromatic nitrogens is 4. The van der Waals surface area contributed by atoms with Crippen LogP contribution in [0, 0.1) is 0 Å². The summed E-state index contributed by atoms with van der Waals surface area (Å²) in [6, 6.07) is 5.75. The number of carbonyl (C=O) groups is 1. The fraction of sp³-hybridized carbons (Fsp3) is 0.448. The first-order valence-electron chi connectivity index (χ1n) is 13.5. The fourth-order valence-electron chi connectivity index (χ4n) is 4.77. The Bertz CT molecular complexity index is 1390. The maximum atomic E-state index is 12.3. The van der Waals surface area contributed by atoms with Crippen molar-refractivity contribution in [2.24, 2.45) is 0 Å². The SMILES string of the molecule is C=CC(=O)Nc1cc(Nc2nccc(-n3cc(CN4CCC4)c(C(C)(C)C)n3)n2)c(OC)cc1N(C)C1COC1. The van der Waals surface area contributed by atoms with Crippen molar-refractivity contribution in [1.29, 1.82) is 0 Å². The van der Waals surface area contributed by atoms with Gasteiger partial charge in [0, 0.05) is 49.1 Å². The molecule has 3 aromatic rings. The summed E-state index contributed by atoms with van der Waals surface area (Å²) < 4.78 is 12.9. The minimum atomic E-state index is -0.309. The van der Waals surface area contributed by atoms with Crippen LogP contribution in [0.3, 0.4) is 0 Å². The van der Waals surface area contributed by atoms with Crippen molar-refractivity contribution in [3.8, 4) is 11.6 Å². The highest BCUT2D eigenvalue weighted by Crippen LogP contribution is 2.39. The van der Waals surface area contributed by atoms with Gasteiger partial charge >= 0.3 is 0 Å². The largest absolute Gasteiger partial charge is 0.494 e. The molecule has 1 aromatic carbocycles. The number of anilines is 4. The predicted octanol–water partition coefficient (Wildman–Crippen LogP) is 3.88. The zero-order chi connectivity index (χ0) is 28.4. The highest BCUT2D eigenvalue weighted by molar-refractivity contribution is 6.02. The number of hydrogen-bond acceptors (Lipinski definition) is 9. The maximum absolute atomic E-state index is 12.3. The molecule has 11 heteroatoms. The van der Waals surface area contributed by atoms with Crippen LogP contribution < -0.4 is 20.3 Å². The van der Waals surface area contributed by atoms with E-state index in [1.807, 2.05) is 29.9 Å². The second-order valence-electron chi connectivity index (χ2n) is 11.3. The zero-order valence-electron chi connectivity index (χ0n) is 23.9.